The first-order valence-corrected chi connectivity index (χ1v) is 3.10. The molecule has 0 amide bonds. The number of aliphatic hydroxyl groups excluding tert-OH is 1. The highest BCUT2D eigenvalue weighted by molar-refractivity contribution is 6.27. The number of ether oxygens (including phenoxy) is 1. The van der Waals surface area contributed by atoms with Gasteiger partial charge < -0.3 is 9.84 Å². The minimum Gasteiger partial charge on any atom is -0.390 e. The highest BCUT2D eigenvalue weighted by atomic mass is 35.5. The Morgan fingerprint density at radius 1 is 1.70 bits per heavy atom. The van der Waals surface area contributed by atoms with Crippen LogP contribution in [0.5, 0.6) is 0 Å². The van der Waals surface area contributed by atoms with Crippen LogP contribution in [0.25, 0.3) is 0 Å². The van der Waals surface area contributed by atoms with E-state index in [0.717, 1.165) is 0 Å². The number of carbonyl (C=O) groups is 2. The first kappa shape index (κ1) is 9.39. The van der Waals surface area contributed by atoms with Crippen LogP contribution in [0.15, 0.2) is 0 Å². The summed E-state index contributed by atoms with van der Waals surface area (Å²) in [4.78, 5) is 20.6. The summed E-state index contributed by atoms with van der Waals surface area (Å²) in [5, 5.41) is 8.50. The van der Waals surface area contributed by atoms with Crippen molar-refractivity contribution in [1.29, 1.82) is 0 Å². The summed E-state index contributed by atoms with van der Waals surface area (Å²) in [5.74, 6) is -2.23. The van der Waals surface area contributed by atoms with Gasteiger partial charge in [0.15, 0.2) is 0 Å². The van der Waals surface area contributed by atoms with Crippen molar-refractivity contribution in [3.8, 4) is 0 Å². The Kier molecular flexibility index (Phi) is 3.99. The molecule has 0 bridgehead atoms. The fourth-order valence-electron chi connectivity index (χ4n) is 0.225. The second-order valence-corrected chi connectivity index (χ2v) is 1.87. The maximum Gasteiger partial charge on any atom is 0.342 e. The van der Waals surface area contributed by atoms with E-state index < -0.39 is 23.9 Å². The predicted molar refractivity (Wildman–Crippen MR) is 33.5 cm³/mol. The van der Waals surface area contributed by atoms with Crippen molar-refractivity contribution in [1.82, 2.24) is 0 Å². The molecule has 5 heteroatoms. The third kappa shape index (κ3) is 3.42. The molecule has 0 aliphatic rings. The number of alkyl halides is 1. The van der Waals surface area contributed by atoms with Crippen LogP contribution in [0.2, 0.25) is 0 Å². The largest absolute Gasteiger partial charge is 0.390 e. The lowest BCUT2D eigenvalue weighted by Crippen LogP contribution is -2.23. The molecule has 0 aliphatic carbocycles. The summed E-state index contributed by atoms with van der Waals surface area (Å²) in [6.45, 7) is 1.20. The molecule has 1 N–H and O–H groups in total. The van der Waals surface area contributed by atoms with Crippen molar-refractivity contribution in [3.63, 3.8) is 0 Å². The molecule has 0 unspecified atom stereocenters. The summed E-state index contributed by atoms with van der Waals surface area (Å²) in [5.41, 5.74) is 0. The predicted octanol–water partition coefficient (Wildman–Crippen LogP) is -0.324. The molecule has 0 heterocycles. The third-order valence-corrected chi connectivity index (χ3v) is 0.883. The zero-order valence-electron chi connectivity index (χ0n) is 5.33. The zero-order chi connectivity index (χ0) is 8.15. The van der Waals surface area contributed by atoms with E-state index in [-0.39, 0.29) is 0 Å². The van der Waals surface area contributed by atoms with Gasteiger partial charge in [0.25, 0.3) is 0 Å². The van der Waals surface area contributed by atoms with E-state index >= 15 is 0 Å². The highest BCUT2D eigenvalue weighted by Gasteiger charge is 2.13. The van der Waals surface area contributed by atoms with E-state index in [4.69, 9.17) is 16.7 Å². The van der Waals surface area contributed by atoms with Crippen molar-refractivity contribution in [2.24, 2.45) is 0 Å². The Morgan fingerprint density at radius 3 is 2.50 bits per heavy atom. The molecule has 0 aromatic carbocycles. The Balaban J connectivity index is 3.69. The zero-order valence-corrected chi connectivity index (χ0v) is 6.09. The maximum absolute atomic E-state index is 10.4. The molecule has 0 saturated carbocycles. The fourth-order valence-corrected chi connectivity index (χ4v) is 0.279. The molecule has 0 aromatic heterocycles. The van der Waals surface area contributed by atoms with Crippen molar-refractivity contribution < 1.29 is 19.4 Å². The molecule has 0 fully saturated rings. The highest BCUT2D eigenvalue weighted by Crippen LogP contribution is 1.89. The Hall–Kier alpha value is -0.610. The molecule has 10 heavy (non-hydrogen) atoms. The average Bonchev–Trinajstić information content (AvgIpc) is 1.87. The Labute approximate surface area is 62.7 Å². The van der Waals surface area contributed by atoms with Gasteiger partial charge in [0.1, 0.15) is 12.0 Å². The van der Waals surface area contributed by atoms with Crippen LogP contribution in [-0.4, -0.2) is 29.0 Å². The van der Waals surface area contributed by atoms with E-state index in [1.807, 2.05) is 0 Å². The molecule has 0 radical (unpaired) electrons. The smallest absolute Gasteiger partial charge is 0.342 e. The molecular weight excluding hydrogens is 160 g/mol. The van der Waals surface area contributed by atoms with Gasteiger partial charge in [-0.1, -0.05) is 0 Å². The number of carbonyl (C=O) groups excluding carboxylic acids is 2. The van der Waals surface area contributed by atoms with Gasteiger partial charge in [0, 0.05) is 0 Å². The summed E-state index contributed by atoms with van der Waals surface area (Å²) in [6.07, 6.45) is -1.29. The molecule has 0 rings (SSSR count). The lowest BCUT2D eigenvalue weighted by Gasteiger charge is -2.00. The molecular formula is C5H7ClO4. The SMILES string of the molecule is C[C@H](O)C(=O)OC(=O)CCl. The van der Waals surface area contributed by atoms with Crippen LogP contribution in [0.4, 0.5) is 0 Å². The first-order valence-electron chi connectivity index (χ1n) is 2.56. The van der Waals surface area contributed by atoms with Gasteiger partial charge in [0.2, 0.25) is 0 Å². The normalized spacial score (nSPS) is 12.3. The minimum atomic E-state index is -1.29. The topological polar surface area (TPSA) is 63.6 Å². The van der Waals surface area contributed by atoms with Crippen LogP contribution in [0, 0.1) is 0 Å². The van der Waals surface area contributed by atoms with Gasteiger partial charge in [-0.25, -0.2) is 4.79 Å². The summed E-state index contributed by atoms with van der Waals surface area (Å²) in [6, 6.07) is 0. The van der Waals surface area contributed by atoms with Gasteiger partial charge in [-0.2, -0.15) is 0 Å². The Bertz CT molecular complexity index is 143. The van der Waals surface area contributed by atoms with Gasteiger partial charge >= 0.3 is 11.9 Å². The van der Waals surface area contributed by atoms with Gasteiger partial charge in [0.05, 0.1) is 0 Å². The Morgan fingerprint density at radius 2 is 2.20 bits per heavy atom. The number of aliphatic hydroxyl groups is 1. The molecule has 1 atom stereocenters. The number of hydrogen-bond donors (Lipinski definition) is 1. The summed E-state index contributed by atoms with van der Waals surface area (Å²) in [7, 11) is 0. The summed E-state index contributed by atoms with van der Waals surface area (Å²) < 4.78 is 4.00. The molecule has 0 saturated heterocycles. The second kappa shape index (κ2) is 4.24. The van der Waals surface area contributed by atoms with Crippen molar-refractivity contribution >= 4 is 23.5 Å². The number of esters is 2. The fraction of sp³-hybridized carbons (Fsp3) is 0.600. The number of hydrogen-bond acceptors (Lipinski definition) is 4. The van der Waals surface area contributed by atoms with Crippen LogP contribution >= 0.6 is 11.6 Å². The lowest BCUT2D eigenvalue weighted by atomic mass is 10.4. The molecule has 0 spiro atoms. The minimum absolute atomic E-state index is 0.390. The quantitative estimate of drug-likeness (QED) is 0.347. The maximum atomic E-state index is 10.4. The van der Waals surface area contributed by atoms with E-state index in [1.165, 1.54) is 6.92 Å². The third-order valence-electron chi connectivity index (χ3n) is 0.665. The lowest BCUT2D eigenvalue weighted by molar-refractivity contribution is -0.163. The van der Waals surface area contributed by atoms with Gasteiger partial charge in [-0.3, -0.25) is 4.79 Å². The van der Waals surface area contributed by atoms with Crippen molar-refractivity contribution in [3.05, 3.63) is 0 Å². The molecule has 0 aliphatic heterocycles. The van der Waals surface area contributed by atoms with Crippen LogP contribution in [0.3, 0.4) is 0 Å². The van der Waals surface area contributed by atoms with E-state index in [0.29, 0.717) is 0 Å². The monoisotopic (exact) mass is 166 g/mol. The van der Waals surface area contributed by atoms with Crippen LogP contribution in [0.1, 0.15) is 6.92 Å². The van der Waals surface area contributed by atoms with Crippen LogP contribution < -0.4 is 0 Å². The molecule has 4 nitrogen and oxygen atoms in total. The van der Waals surface area contributed by atoms with E-state index in [9.17, 15) is 9.59 Å². The standard InChI is InChI=1S/C5H7ClO4/c1-3(7)5(9)10-4(8)2-6/h3,7H,2H2,1H3/t3-/m0/s1. The summed E-state index contributed by atoms with van der Waals surface area (Å²) >= 11 is 4.99. The van der Waals surface area contributed by atoms with Gasteiger partial charge in [-0.05, 0) is 6.92 Å². The van der Waals surface area contributed by atoms with E-state index in [2.05, 4.69) is 4.74 Å². The number of halogens is 1. The van der Waals surface area contributed by atoms with Crippen molar-refractivity contribution in [2.75, 3.05) is 5.88 Å². The van der Waals surface area contributed by atoms with Crippen LogP contribution in [-0.2, 0) is 14.3 Å². The first-order chi connectivity index (χ1) is 4.57. The van der Waals surface area contributed by atoms with Gasteiger partial charge in [-0.15, -0.1) is 11.6 Å². The molecule has 0 aromatic rings. The molecule has 58 valence electrons. The van der Waals surface area contributed by atoms with E-state index in [1.54, 1.807) is 0 Å². The number of rotatable bonds is 2. The van der Waals surface area contributed by atoms with Crippen molar-refractivity contribution in [2.45, 2.75) is 13.0 Å². The average molecular weight is 167 g/mol. The second-order valence-electron chi connectivity index (χ2n) is 1.60.